The molecule has 0 heterocycles. The number of carbonyl (C=O) groups excluding carboxylic acids is 1. The number of hydrogen-bond donors (Lipinski definition) is 2. The van der Waals surface area contributed by atoms with E-state index in [1.165, 1.54) is 32.1 Å². The van der Waals surface area contributed by atoms with Crippen molar-refractivity contribution in [3.8, 4) is 0 Å². The summed E-state index contributed by atoms with van der Waals surface area (Å²) < 4.78 is 0. The van der Waals surface area contributed by atoms with Gasteiger partial charge in [0.15, 0.2) is 5.11 Å². The zero-order chi connectivity index (χ0) is 13.4. The molecule has 4 saturated carbocycles. The molecule has 106 valence electrons. The molecule has 4 aliphatic rings. The maximum absolute atomic E-state index is 11.6. The number of thiocarbonyl (C=S) groups is 1. The molecule has 3 nitrogen and oxygen atoms in total. The predicted octanol–water partition coefficient (Wildman–Crippen LogP) is 2.60. The minimum atomic E-state index is 0.0452. The van der Waals surface area contributed by atoms with Gasteiger partial charge < -0.3 is 10.6 Å². The van der Waals surface area contributed by atoms with Gasteiger partial charge in [0, 0.05) is 12.5 Å². The van der Waals surface area contributed by atoms with Gasteiger partial charge in [0.1, 0.15) is 0 Å². The SMILES string of the molecule is CCCC(=O)NC(=S)NC1C2CC3CC(C2)CC1C3. The lowest BCUT2D eigenvalue weighted by Crippen LogP contribution is -2.57. The Morgan fingerprint density at radius 3 is 2.21 bits per heavy atom. The van der Waals surface area contributed by atoms with Crippen LogP contribution < -0.4 is 10.6 Å². The van der Waals surface area contributed by atoms with Crippen molar-refractivity contribution in [2.75, 3.05) is 0 Å². The summed E-state index contributed by atoms with van der Waals surface area (Å²) in [5.74, 6) is 3.57. The van der Waals surface area contributed by atoms with Gasteiger partial charge in [-0.15, -0.1) is 0 Å². The average molecular weight is 280 g/mol. The number of hydrogen-bond acceptors (Lipinski definition) is 2. The highest BCUT2D eigenvalue weighted by Gasteiger charge is 2.48. The minimum Gasteiger partial charge on any atom is -0.359 e. The van der Waals surface area contributed by atoms with E-state index in [0.717, 1.165) is 30.1 Å². The van der Waals surface area contributed by atoms with Crippen molar-refractivity contribution in [1.82, 2.24) is 10.6 Å². The van der Waals surface area contributed by atoms with Crippen LogP contribution in [-0.4, -0.2) is 17.1 Å². The fraction of sp³-hybridized carbons (Fsp3) is 0.867. The van der Waals surface area contributed by atoms with Gasteiger partial charge >= 0.3 is 0 Å². The van der Waals surface area contributed by atoms with E-state index in [9.17, 15) is 4.79 Å². The van der Waals surface area contributed by atoms with Crippen LogP contribution in [0, 0.1) is 23.7 Å². The second kappa shape index (κ2) is 5.39. The third-order valence-electron chi connectivity index (χ3n) is 5.25. The van der Waals surface area contributed by atoms with Gasteiger partial charge in [-0.1, -0.05) is 6.92 Å². The lowest BCUT2D eigenvalue weighted by atomic mass is 9.54. The summed E-state index contributed by atoms with van der Waals surface area (Å²) in [5, 5.41) is 6.82. The van der Waals surface area contributed by atoms with Crippen LogP contribution in [0.15, 0.2) is 0 Å². The Morgan fingerprint density at radius 1 is 1.11 bits per heavy atom. The van der Waals surface area contributed by atoms with E-state index in [0.29, 0.717) is 17.6 Å². The summed E-state index contributed by atoms with van der Waals surface area (Å²) in [5.41, 5.74) is 0. The number of nitrogens with one attached hydrogen (secondary N) is 2. The highest BCUT2D eigenvalue weighted by atomic mass is 32.1. The predicted molar refractivity (Wildman–Crippen MR) is 79.6 cm³/mol. The Hall–Kier alpha value is -0.640. The van der Waals surface area contributed by atoms with Crippen molar-refractivity contribution >= 4 is 23.2 Å². The molecule has 4 heteroatoms. The third kappa shape index (κ3) is 2.78. The molecular formula is C15H24N2OS. The molecule has 0 unspecified atom stereocenters. The molecule has 4 bridgehead atoms. The Kier molecular flexibility index (Phi) is 3.79. The fourth-order valence-electron chi connectivity index (χ4n) is 4.76. The molecule has 1 amide bonds. The first kappa shape index (κ1) is 13.3. The van der Waals surface area contributed by atoms with Gasteiger partial charge in [-0.3, -0.25) is 4.79 Å². The van der Waals surface area contributed by atoms with E-state index >= 15 is 0 Å². The molecule has 4 fully saturated rings. The van der Waals surface area contributed by atoms with Crippen LogP contribution in [0.3, 0.4) is 0 Å². The second-order valence-corrected chi connectivity index (χ2v) is 7.14. The van der Waals surface area contributed by atoms with Crippen LogP contribution in [0.4, 0.5) is 0 Å². The number of rotatable bonds is 3. The van der Waals surface area contributed by atoms with Gasteiger partial charge in [-0.2, -0.15) is 0 Å². The van der Waals surface area contributed by atoms with Crippen LogP contribution in [0.5, 0.6) is 0 Å². The standard InChI is InChI=1S/C15H24N2OS/c1-2-3-13(18)16-15(19)17-14-11-5-9-4-10(7-11)8-12(14)6-9/h9-12,14H,2-8H2,1H3,(H2,16,17,18,19). The van der Waals surface area contributed by atoms with Gasteiger partial charge in [-0.25, -0.2) is 0 Å². The molecule has 19 heavy (non-hydrogen) atoms. The molecule has 0 aromatic rings. The van der Waals surface area contributed by atoms with Crippen LogP contribution in [-0.2, 0) is 4.79 Å². The average Bonchev–Trinajstić information content (AvgIpc) is 2.33. The fourth-order valence-corrected chi connectivity index (χ4v) is 5.01. The van der Waals surface area contributed by atoms with Gasteiger partial charge in [0.25, 0.3) is 0 Å². The quantitative estimate of drug-likeness (QED) is 0.781. The summed E-state index contributed by atoms with van der Waals surface area (Å²) in [7, 11) is 0. The minimum absolute atomic E-state index is 0.0452. The van der Waals surface area contributed by atoms with Crippen molar-refractivity contribution in [3.05, 3.63) is 0 Å². The van der Waals surface area contributed by atoms with Crippen molar-refractivity contribution in [3.63, 3.8) is 0 Å². The van der Waals surface area contributed by atoms with E-state index < -0.39 is 0 Å². The van der Waals surface area contributed by atoms with Crippen LogP contribution >= 0.6 is 12.2 Å². The van der Waals surface area contributed by atoms with Crippen molar-refractivity contribution in [1.29, 1.82) is 0 Å². The summed E-state index contributed by atoms with van der Waals surface area (Å²) in [6.07, 6.45) is 8.38. The summed E-state index contributed by atoms with van der Waals surface area (Å²) in [4.78, 5) is 11.6. The van der Waals surface area contributed by atoms with Crippen molar-refractivity contribution in [2.45, 2.75) is 57.9 Å². The molecule has 4 rings (SSSR count). The Bertz CT molecular complexity index is 354. The zero-order valence-corrected chi connectivity index (χ0v) is 12.5. The molecule has 0 atom stereocenters. The lowest BCUT2D eigenvalue weighted by Gasteiger charge is -2.54. The Balaban J connectivity index is 1.55. The monoisotopic (exact) mass is 280 g/mol. The first-order valence-electron chi connectivity index (χ1n) is 7.76. The molecule has 0 saturated heterocycles. The second-order valence-electron chi connectivity index (χ2n) is 6.73. The van der Waals surface area contributed by atoms with Crippen molar-refractivity contribution in [2.24, 2.45) is 23.7 Å². The van der Waals surface area contributed by atoms with Gasteiger partial charge in [0.05, 0.1) is 0 Å². The molecule has 0 aromatic heterocycles. The third-order valence-corrected chi connectivity index (χ3v) is 5.47. The number of carbonyl (C=O) groups is 1. The van der Waals surface area contributed by atoms with Gasteiger partial charge in [0.2, 0.25) is 5.91 Å². The zero-order valence-electron chi connectivity index (χ0n) is 11.7. The molecule has 0 aromatic carbocycles. The lowest BCUT2D eigenvalue weighted by molar-refractivity contribution is -0.119. The summed E-state index contributed by atoms with van der Waals surface area (Å²) in [6, 6.07) is 0.516. The first-order valence-corrected chi connectivity index (χ1v) is 8.16. The van der Waals surface area contributed by atoms with Crippen LogP contribution in [0.1, 0.15) is 51.9 Å². The topological polar surface area (TPSA) is 41.1 Å². The maximum Gasteiger partial charge on any atom is 0.226 e. The van der Waals surface area contributed by atoms with E-state index in [-0.39, 0.29) is 5.91 Å². The molecule has 0 spiro atoms. The normalized spacial score (nSPS) is 39.1. The van der Waals surface area contributed by atoms with E-state index in [4.69, 9.17) is 12.2 Å². The Labute approximate surface area is 120 Å². The molecule has 0 aliphatic heterocycles. The van der Waals surface area contributed by atoms with E-state index in [2.05, 4.69) is 10.6 Å². The molecule has 2 N–H and O–H groups in total. The number of amides is 1. The molecule has 4 aliphatic carbocycles. The highest BCUT2D eigenvalue weighted by Crippen LogP contribution is 2.53. The molecule has 0 radical (unpaired) electrons. The van der Waals surface area contributed by atoms with E-state index in [1.54, 1.807) is 0 Å². The maximum atomic E-state index is 11.6. The highest BCUT2D eigenvalue weighted by molar-refractivity contribution is 7.80. The van der Waals surface area contributed by atoms with Crippen molar-refractivity contribution < 1.29 is 4.79 Å². The summed E-state index contributed by atoms with van der Waals surface area (Å²) in [6.45, 7) is 2.01. The molecular weight excluding hydrogens is 256 g/mol. The van der Waals surface area contributed by atoms with Crippen LogP contribution in [0.25, 0.3) is 0 Å². The summed E-state index contributed by atoms with van der Waals surface area (Å²) >= 11 is 5.30. The van der Waals surface area contributed by atoms with Gasteiger partial charge in [-0.05, 0) is 74.4 Å². The van der Waals surface area contributed by atoms with Crippen LogP contribution in [0.2, 0.25) is 0 Å². The largest absolute Gasteiger partial charge is 0.359 e. The Morgan fingerprint density at radius 2 is 1.68 bits per heavy atom. The van der Waals surface area contributed by atoms with E-state index in [1.807, 2.05) is 6.92 Å². The first-order chi connectivity index (χ1) is 9.15. The smallest absolute Gasteiger partial charge is 0.226 e.